The molecule has 0 saturated carbocycles. The average molecular weight is 400 g/mol. The van der Waals surface area contributed by atoms with Gasteiger partial charge in [0.05, 0.1) is 12.6 Å². The van der Waals surface area contributed by atoms with E-state index in [-0.39, 0.29) is 12.4 Å². The lowest BCUT2D eigenvalue weighted by Crippen LogP contribution is -2.23. The quantitative estimate of drug-likeness (QED) is 0.585. The molecule has 0 aliphatic rings. The average Bonchev–Trinajstić information content (AvgIpc) is 3.07. The summed E-state index contributed by atoms with van der Waals surface area (Å²) in [6.45, 7) is 0.167. The van der Waals surface area contributed by atoms with Gasteiger partial charge in [0.1, 0.15) is 0 Å². The maximum Gasteiger partial charge on any atom is 0.319 e. The minimum absolute atomic E-state index is 0.167. The van der Waals surface area contributed by atoms with Crippen molar-refractivity contribution in [2.24, 2.45) is 5.73 Å². The fourth-order valence-electron chi connectivity index (χ4n) is 2.91. The molecule has 1 heterocycles. The summed E-state index contributed by atoms with van der Waals surface area (Å²) < 4.78 is 26.4. The number of benzene rings is 2. The van der Waals surface area contributed by atoms with Crippen LogP contribution in [0.3, 0.4) is 0 Å². The molecule has 0 aliphatic carbocycles. The smallest absolute Gasteiger partial charge is 0.319 e. The number of hydrogen-bond donors (Lipinski definition) is 2. The van der Waals surface area contributed by atoms with Crippen LogP contribution in [0, 0.1) is 0 Å². The molecule has 0 aliphatic heterocycles. The van der Waals surface area contributed by atoms with E-state index in [1.807, 2.05) is 60.7 Å². The summed E-state index contributed by atoms with van der Waals surface area (Å²) >= 11 is 0. The molecule has 3 aromatic rings. The van der Waals surface area contributed by atoms with E-state index in [2.05, 4.69) is 10.2 Å². The van der Waals surface area contributed by atoms with Gasteiger partial charge in [-0.15, -0.1) is 10.2 Å². The lowest BCUT2D eigenvalue weighted by atomic mass is 10.1. The number of nitrogens with two attached hydrogens (primary N) is 1. The molecule has 28 heavy (non-hydrogen) atoms. The van der Waals surface area contributed by atoms with Crippen molar-refractivity contribution in [3.05, 3.63) is 77.6 Å². The summed E-state index contributed by atoms with van der Waals surface area (Å²) in [4.78, 5) is 11.0. The fraction of sp³-hybridized carbons (Fsp3) is 0.211. The van der Waals surface area contributed by atoms with Gasteiger partial charge < -0.3 is 10.8 Å². The lowest BCUT2D eigenvalue weighted by Gasteiger charge is -2.15. The predicted molar refractivity (Wildman–Crippen MR) is 102 cm³/mol. The molecule has 0 bridgehead atoms. The van der Waals surface area contributed by atoms with Crippen LogP contribution in [0.15, 0.2) is 65.8 Å². The third-order valence-electron chi connectivity index (χ3n) is 4.15. The van der Waals surface area contributed by atoms with E-state index in [0.29, 0.717) is 6.42 Å². The molecule has 0 radical (unpaired) electrons. The Labute approximate surface area is 162 Å². The fourth-order valence-corrected chi connectivity index (χ4v) is 4.02. The van der Waals surface area contributed by atoms with Crippen molar-refractivity contribution in [1.82, 2.24) is 14.8 Å². The Morgan fingerprint density at radius 1 is 1.00 bits per heavy atom. The van der Waals surface area contributed by atoms with Gasteiger partial charge in [0.25, 0.3) is 5.16 Å². The first-order valence-electron chi connectivity index (χ1n) is 8.58. The number of rotatable bonds is 8. The highest BCUT2D eigenvalue weighted by atomic mass is 32.2. The topological polar surface area (TPSA) is 128 Å². The first kappa shape index (κ1) is 19.7. The van der Waals surface area contributed by atoms with E-state index in [1.165, 1.54) is 4.57 Å². The van der Waals surface area contributed by atoms with Gasteiger partial charge in [0, 0.05) is 0 Å². The molecule has 3 N–H and O–H groups in total. The Balaban J connectivity index is 2.00. The van der Waals surface area contributed by atoms with Gasteiger partial charge in [-0.1, -0.05) is 60.7 Å². The van der Waals surface area contributed by atoms with Crippen LogP contribution < -0.4 is 5.73 Å². The van der Waals surface area contributed by atoms with Crippen LogP contribution in [0.25, 0.3) is 0 Å². The second-order valence-electron chi connectivity index (χ2n) is 6.36. The van der Waals surface area contributed by atoms with Gasteiger partial charge >= 0.3 is 5.97 Å². The normalized spacial score (nSPS) is 12.6. The molecule has 1 aromatic heterocycles. The highest BCUT2D eigenvalue weighted by molar-refractivity contribution is 7.91. The number of aromatic nitrogens is 3. The number of carbonyl (C=O) groups is 1. The first-order valence-corrected chi connectivity index (χ1v) is 10.2. The summed E-state index contributed by atoms with van der Waals surface area (Å²) in [5.74, 6) is -2.23. The number of carboxylic acid groups (broad SMARTS) is 1. The Morgan fingerprint density at radius 3 is 2.14 bits per heavy atom. The van der Waals surface area contributed by atoms with Crippen molar-refractivity contribution >= 4 is 15.8 Å². The number of nitrogens with zero attached hydrogens (tertiary/aromatic N) is 3. The number of aliphatic carboxylic acids is 1. The van der Waals surface area contributed by atoms with Gasteiger partial charge in [0.15, 0.2) is 11.6 Å². The highest BCUT2D eigenvalue weighted by Gasteiger charge is 2.29. The predicted octanol–water partition coefficient (Wildman–Crippen LogP) is 1.43. The van der Waals surface area contributed by atoms with E-state index >= 15 is 0 Å². The lowest BCUT2D eigenvalue weighted by molar-refractivity contribution is -0.134. The Kier molecular flexibility index (Phi) is 5.86. The number of sulfone groups is 1. The number of carboxylic acids is 1. The van der Waals surface area contributed by atoms with Crippen molar-refractivity contribution in [1.29, 1.82) is 0 Å². The van der Waals surface area contributed by atoms with Gasteiger partial charge in [-0.05, 0) is 17.5 Å². The van der Waals surface area contributed by atoms with Crippen molar-refractivity contribution in [3.8, 4) is 0 Å². The largest absolute Gasteiger partial charge is 0.480 e. The third-order valence-corrected chi connectivity index (χ3v) is 5.64. The maximum absolute atomic E-state index is 12.5. The Morgan fingerprint density at radius 2 is 1.57 bits per heavy atom. The van der Waals surface area contributed by atoms with Crippen LogP contribution in [0.2, 0.25) is 0 Å². The molecular formula is C19H20N4O4S. The summed E-state index contributed by atoms with van der Waals surface area (Å²) in [7, 11) is -4.16. The molecule has 1 atom stereocenters. The molecule has 0 amide bonds. The minimum atomic E-state index is -4.16. The second kappa shape index (κ2) is 8.32. The standard InChI is InChI=1S/C19H20N4O4S/c20-16(11-14-7-3-1-4-8-14)18-21-22-19(28(26,27)13-17(24)25)23(18)12-15-9-5-2-6-10-15/h1-10,16H,11-13,20H2,(H,24,25)/t16-/m0/s1. The summed E-state index contributed by atoms with van der Waals surface area (Å²) in [6.07, 6.45) is 0.437. The highest BCUT2D eigenvalue weighted by Crippen LogP contribution is 2.20. The monoisotopic (exact) mass is 400 g/mol. The van der Waals surface area contributed by atoms with Crippen molar-refractivity contribution in [2.45, 2.75) is 24.2 Å². The molecule has 0 unspecified atom stereocenters. The van der Waals surface area contributed by atoms with E-state index < -0.39 is 32.8 Å². The Hall–Kier alpha value is -3.04. The molecule has 2 aromatic carbocycles. The van der Waals surface area contributed by atoms with Crippen molar-refractivity contribution in [3.63, 3.8) is 0 Å². The molecule has 3 rings (SSSR count). The molecule has 0 fully saturated rings. The molecular weight excluding hydrogens is 380 g/mol. The maximum atomic E-state index is 12.5. The zero-order valence-corrected chi connectivity index (χ0v) is 15.8. The SMILES string of the molecule is N[C@@H](Cc1ccccc1)c1nnc(S(=O)(=O)CC(=O)O)n1Cc1ccccc1. The molecule has 8 nitrogen and oxygen atoms in total. The third kappa shape index (κ3) is 4.62. The van der Waals surface area contributed by atoms with E-state index in [1.54, 1.807) is 0 Å². The van der Waals surface area contributed by atoms with Crippen LogP contribution >= 0.6 is 0 Å². The second-order valence-corrected chi connectivity index (χ2v) is 8.24. The minimum Gasteiger partial charge on any atom is -0.480 e. The summed E-state index contributed by atoms with van der Waals surface area (Å²) in [5.41, 5.74) is 8.10. The van der Waals surface area contributed by atoms with E-state index in [0.717, 1.165) is 11.1 Å². The first-order chi connectivity index (χ1) is 13.4. The van der Waals surface area contributed by atoms with Crippen LogP contribution in [0.1, 0.15) is 23.0 Å². The zero-order valence-electron chi connectivity index (χ0n) is 15.0. The number of hydrogen-bond acceptors (Lipinski definition) is 6. The van der Waals surface area contributed by atoms with Crippen molar-refractivity contribution < 1.29 is 18.3 Å². The molecule has 146 valence electrons. The van der Waals surface area contributed by atoms with Gasteiger partial charge in [-0.2, -0.15) is 0 Å². The summed E-state index contributed by atoms with van der Waals surface area (Å²) in [5, 5.41) is 16.3. The van der Waals surface area contributed by atoms with E-state index in [9.17, 15) is 13.2 Å². The van der Waals surface area contributed by atoms with E-state index in [4.69, 9.17) is 10.8 Å². The van der Waals surface area contributed by atoms with Gasteiger partial charge in [-0.3, -0.25) is 9.36 Å². The Bertz CT molecular complexity index is 1050. The van der Waals surface area contributed by atoms with Gasteiger partial charge in [-0.25, -0.2) is 8.42 Å². The van der Waals surface area contributed by atoms with Crippen LogP contribution in [-0.4, -0.2) is 40.0 Å². The van der Waals surface area contributed by atoms with Crippen LogP contribution in [0.4, 0.5) is 0 Å². The van der Waals surface area contributed by atoms with Crippen molar-refractivity contribution in [2.75, 3.05) is 5.75 Å². The van der Waals surface area contributed by atoms with Crippen LogP contribution in [0.5, 0.6) is 0 Å². The van der Waals surface area contributed by atoms with Gasteiger partial charge in [0.2, 0.25) is 9.84 Å². The zero-order chi connectivity index (χ0) is 20.1. The van der Waals surface area contributed by atoms with Crippen LogP contribution in [-0.2, 0) is 27.6 Å². The molecule has 0 spiro atoms. The molecule has 0 saturated heterocycles. The molecule has 9 heteroatoms. The summed E-state index contributed by atoms with van der Waals surface area (Å²) in [6, 6.07) is 18.1.